The minimum atomic E-state index is 1.17. The molecule has 0 spiro atoms. The lowest BCUT2D eigenvalue weighted by molar-refractivity contribution is 0.782. The molecular formula is C12H15N. The Kier molecular flexibility index (Phi) is 2.35. The molecule has 0 saturated carbocycles. The molecule has 2 aromatic rings. The molecule has 0 amide bonds. The highest BCUT2D eigenvalue weighted by Crippen LogP contribution is 2.15. The second-order valence-electron chi connectivity index (χ2n) is 3.49. The zero-order chi connectivity index (χ0) is 9.10. The molecule has 68 valence electrons. The summed E-state index contributed by atoms with van der Waals surface area (Å²) in [6.07, 6.45) is 3.70. The molecule has 0 bridgehead atoms. The van der Waals surface area contributed by atoms with Crippen LogP contribution in [0.15, 0.2) is 30.3 Å². The summed E-state index contributed by atoms with van der Waals surface area (Å²) in [6, 6.07) is 10.7. The summed E-state index contributed by atoms with van der Waals surface area (Å²) in [5.74, 6) is 0. The number of rotatable bonds is 3. The van der Waals surface area contributed by atoms with Crippen molar-refractivity contribution in [3.05, 3.63) is 36.0 Å². The summed E-state index contributed by atoms with van der Waals surface area (Å²) in [4.78, 5) is 3.43. The Morgan fingerprint density at radius 2 is 2.08 bits per heavy atom. The van der Waals surface area contributed by atoms with Crippen molar-refractivity contribution in [2.75, 3.05) is 0 Å². The van der Waals surface area contributed by atoms with Gasteiger partial charge in [-0.2, -0.15) is 0 Å². The van der Waals surface area contributed by atoms with Crippen molar-refractivity contribution in [2.24, 2.45) is 0 Å². The van der Waals surface area contributed by atoms with Crippen molar-refractivity contribution in [2.45, 2.75) is 26.2 Å². The lowest BCUT2D eigenvalue weighted by Crippen LogP contribution is -1.82. The third kappa shape index (κ3) is 1.74. The second kappa shape index (κ2) is 3.65. The number of H-pyrrole nitrogens is 1. The number of nitrogens with one attached hydrogen (secondary N) is 1. The number of fused-ring (bicyclic) bond motifs is 1. The first-order valence-corrected chi connectivity index (χ1v) is 4.97. The summed E-state index contributed by atoms with van der Waals surface area (Å²) >= 11 is 0. The van der Waals surface area contributed by atoms with Gasteiger partial charge < -0.3 is 4.98 Å². The largest absolute Gasteiger partial charge is 0.358 e. The number of hydrogen-bond acceptors (Lipinski definition) is 0. The van der Waals surface area contributed by atoms with Gasteiger partial charge in [0.2, 0.25) is 0 Å². The van der Waals surface area contributed by atoms with E-state index < -0.39 is 0 Å². The van der Waals surface area contributed by atoms with Crippen molar-refractivity contribution in [3.8, 4) is 0 Å². The molecule has 1 N–H and O–H groups in total. The molecule has 0 aliphatic carbocycles. The van der Waals surface area contributed by atoms with Gasteiger partial charge in [0.15, 0.2) is 0 Å². The predicted octanol–water partition coefficient (Wildman–Crippen LogP) is 3.51. The summed E-state index contributed by atoms with van der Waals surface area (Å²) in [6.45, 7) is 2.22. The van der Waals surface area contributed by atoms with E-state index in [9.17, 15) is 0 Å². The Morgan fingerprint density at radius 3 is 2.85 bits per heavy atom. The monoisotopic (exact) mass is 173 g/mol. The Labute approximate surface area is 78.8 Å². The number of aromatic amines is 1. The van der Waals surface area contributed by atoms with Gasteiger partial charge in [-0.3, -0.25) is 0 Å². The standard InChI is InChI=1S/C12H15N/c1-2-3-7-11-9-10-6-4-5-8-12(10)13-11/h4-6,8-9,13H,2-3,7H2,1H3. The Bertz CT molecular complexity index is 354. The van der Waals surface area contributed by atoms with Crippen LogP contribution in [0.25, 0.3) is 10.9 Å². The molecule has 0 aliphatic heterocycles. The average molecular weight is 173 g/mol. The maximum atomic E-state index is 3.43. The minimum Gasteiger partial charge on any atom is -0.358 e. The van der Waals surface area contributed by atoms with Crippen LogP contribution >= 0.6 is 0 Å². The van der Waals surface area contributed by atoms with Gasteiger partial charge in [-0.1, -0.05) is 31.5 Å². The third-order valence-electron chi connectivity index (χ3n) is 2.39. The molecule has 0 unspecified atom stereocenters. The maximum Gasteiger partial charge on any atom is 0.0456 e. The fourth-order valence-corrected chi connectivity index (χ4v) is 1.64. The van der Waals surface area contributed by atoms with Crippen molar-refractivity contribution in [1.29, 1.82) is 0 Å². The van der Waals surface area contributed by atoms with E-state index in [4.69, 9.17) is 0 Å². The van der Waals surface area contributed by atoms with E-state index in [2.05, 4.69) is 42.2 Å². The van der Waals surface area contributed by atoms with Gasteiger partial charge in [0, 0.05) is 11.2 Å². The highest BCUT2D eigenvalue weighted by molar-refractivity contribution is 5.80. The Balaban J connectivity index is 2.28. The van der Waals surface area contributed by atoms with E-state index in [1.54, 1.807) is 0 Å². The highest BCUT2D eigenvalue weighted by atomic mass is 14.7. The van der Waals surface area contributed by atoms with E-state index in [0.29, 0.717) is 0 Å². The number of benzene rings is 1. The summed E-state index contributed by atoms with van der Waals surface area (Å²) < 4.78 is 0. The van der Waals surface area contributed by atoms with Gasteiger partial charge in [-0.05, 0) is 30.4 Å². The Hall–Kier alpha value is -1.24. The third-order valence-corrected chi connectivity index (χ3v) is 2.39. The molecule has 1 heteroatoms. The first-order chi connectivity index (χ1) is 6.40. The molecule has 0 saturated heterocycles. The van der Waals surface area contributed by atoms with Crippen LogP contribution in [0.1, 0.15) is 25.5 Å². The van der Waals surface area contributed by atoms with Crippen LogP contribution in [0.4, 0.5) is 0 Å². The lowest BCUT2D eigenvalue weighted by atomic mass is 10.2. The summed E-state index contributed by atoms with van der Waals surface area (Å²) in [7, 11) is 0. The molecule has 1 heterocycles. The Morgan fingerprint density at radius 1 is 1.23 bits per heavy atom. The van der Waals surface area contributed by atoms with E-state index >= 15 is 0 Å². The SMILES string of the molecule is CCCCc1cc2ccccc2[nH]1. The molecular weight excluding hydrogens is 158 g/mol. The first-order valence-electron chi connectivity index (χ1n) is 4.97. The first kappa shape index (κ1) is 8.36. The molecule has 1 aromatic carbocycles. The fraction of sp³-hybridized carbons (Fsp3) is 0.333. The van der Waals surface area contributed by atoms with Gasteiger partial charge in [0.25, 0.3) is 0 Å². The van der Waals surface area contributed by atoms with Crippen LogP contribution in [-0.2, 0) is 6.42 Å². The van der Waals surface area contributed by atoms with Crippen LogP contribution < -0.4 is 0 Å². The van der Waals surface area contributed by atoms with Crippen molar-refractivity contribution in [3.63, 3.8) is 0 Å². The molecule has 0 aliphatic rings. The van der Waals surface area contributed by atoms with Crippen LogP contribution in [0.5, 0.6) is 0 Å². The topological polar surface area (TPSA) is 15.8 Å². The van der Waals surface area contributed by atoms with E-state index in [1.165, 1.54) is 35.9 Å². The molecule has 1 aromatic heterocycles. The van der Waals surface area contributed by atoms with E-state index in [0.717, 1.165) is 0 Å². The van der Waals surface area contributed by atoms with Crippen LogP contribution in [-0.4, -0.2) is 4.98 Å². The smallest absolute Gasteiger partial charge is 0.0456 e. The average Bonchev–Trinajstić information content (AvgIpc) is 2.57. The summed E-state index contributed by atoms with van der Waals surface area (Å²) in [5, 5.41) is 1.33. The van der Waals surface area contributed by atoms with Crippen LogP contribution in [0.2, 0.25) is 0 Å². The zero-order valence-electron chi connectivity index (χ0n) is 8.01. The summed E-state index contributed by atoms with van der Waals surface area (Å²) in [5.41, 5.74) is 2.62. The van der Waals surface area contributed by atoms with E-state index in [1.807, 2.05) is 0 Å². The van der Waals surface area contributed by atoms with Crippen molar-refractivity contribution in [1.82, 2.24) is 4.98 Å². The molecule has 1 nitrogen and oxygen atoms in total. The predicted molar refractivity (Wildman–Crippen MR) is 56.9 cm³/mol. The van der Waals surface area contributed by atoms with Crippen LogP contribution in [0.3, 0.4) is 0 Å². The van der Waals surface area contributed by atoms with Gasteiger partial charge in [-0.15, -0.1) is 0 Å². The molecule has 0 radical (unpaired) electrons. The molecule has 2 rings (SSSR count). The second-order valence-corrected chi connectivity index (χ2v) is 3.49. The number of aromatic nitrogens is 1. The number of unbranched alkanes of at least 4 members (excludes halogenated alkanes) is 1. The molecule has 0 atom stereocenters. The van der Waals surface area contributed by atoms with Gasteiger partial charge in [0.1, 0.15) is 0 Å². The highest BCUT2D eigenvalue weighted by Gasteiger charge is 1.98. The van der Waals surface area contributed by atoms with Gasteiger partial charge in [0.05, 0.1) is 0 Å². The minimum absolute atomic E-state index is 1.17. The van der Waals surface area contributed by atoms with Crippen LogP contribution in [0, 0.1) is 0 Å². The van der Waals surface area contributed by atoms with Crippen molar-refractivity contribution >= 4 is 10.9 Å². The van der Waals surface area contributed by atoms with Crippen molar-refractivity contribution < 1.29 is 0 Å². The fourth-order valence-electron chi connectivity index (χ4n) is 1.64. The molecule has 0 fully saturated rings. The lowest BCUT2D eigenvalue weighted by Gasteiger charge is -1.92. The quantitative estimate of drug-likeness (QED) is 0.731. The van der Waals surface area contributed by atoms with Gasteiger partial charge in [-0.25, -0.2) is 0 Å². The van der Waals surface area contributed by atoms with E-state index in [-0.39, 0.29) is 0 Å². The normalized spacial score (nSPS) is 10.8. The molecule has 13 heavy (non-hydrogen) atoms. The van der Waals surface area contributed by atoms with Gasteiger partial charge >= 0.3 is 0 Å². The number of hydrogen-bond donors (Lipinski definition) is 1. The number of aryl methyl sites for hydroxylation is 1. The maximum absolute atomic E-state index is 3.43. The zero-order valence-corrected chi connectivity index (χ0v) is 8.01. The number of para-hydroxylation sites is 1.